The van der Waals surface area contributed by atoms with E-state index >= 15 is 0 Å². The lowest BCUT2D eigenvalue weighted by Crippen LogP contribution is -2.14. The zero-order valence-electron chi connectivity index (χ0n) is 7.47. The van der Waals surface area contributed by atoms with Crippen molar-refractivity contribution in [1.82, 2.24) is 4.98 Å². The van der Waals surface area contributed by atoms with Gasteiger partial charge in [-0.25, -0.2) is 8.78 Å². The highest BCUT2D eigenvalue weighted by Crippen LogP contribution is 2.18. The van der Waals surface area contributed by atoms with E-state index in [-0.39, 0.29) is 12.0 Å². The Kier molecular flexibility index (Phi) is 2.97. The van der Waals surface area contributed by atoms with Crippen LogP contribution < -0.4 is 5.43 Å². The van der Waals surface area contributed by atoms with Gasteiger partial charge in [0.05, 0.1) is 18.2 Å². The molecule has 1 rings (SSSR count). The van der Waals surface area contributed by atoms with Crippen LogP contribution in [-0.2, 0) is 6.42 Å². The summed E-state index contributed by atoms with van der Waals surface area (Å²) in [6.45, 7) is 1.52. The molecule has 0 atom stereocenters. The molecular weight excluding hydrogens is 190 g/mol. The molecule has 5 heteroatoms. The molecule has 0 spiro atoms. The number of nitrogens with one attached hydrogen (secondary N) is 1. The highest BCUT2D eigenvalue weighted by Gasteiger charge is 2.16. The van der Waals surface area contributed by atoms with Crippen LogP contribution >= 0.6 is 0 Å². The second-order valence-electron chi connectivity index (χ2n) is 2.84. The Hall–Kier alpha value is -1.70. The lowest BCUT2D eigenvalue weighted by molar-refractivity contribution is 0.144. The van der Waals surface area contributed by atoms with Gasteiger partial charge in [-0.2, -0.15) is 5.26 Å². The lowest BCUT2D eigenvalue weighted by atomic mass is 10.1. The largest absolute Gasteiger partial charge is 0.357 e. The van der Waals surface area contributed by atoms with Gasteiger partial charge in [0.2, 0.25) is 0 Å². The van der Waals surface area contributed by atoms with Crippen LogP contribution in [0.1, 0.15) is 23.4 Å². The van der Waals surface area contributed by atoms with Crippen molar-refractivity contribution in [1.29, 1.82) is 5.26 Å². The summed E-state index contributed by atoms with van der Waals surface area (Å²) in [4.78, 5) is 13.7. The van der Waals surface area contributed by atoms with Crippen molar-refractivity contribution in [3.63, 3.8) is 0 Å². The minimum Gasteiger partial charge on any atom is -0.357 e. The SMILES string of the molecule is Cc1cc(=O)c(CC#N)c(C(F)F)[nH]1. The number of nitrogens with zero attached hydrogens (tertiary/aromatic N) is 1. The first kappa shape index (κ1) is 10.4. The van der Waals surface area contributed by atoms with Gasteiger partial charge in [0.25, 0.3) is 6.43 Å². The number of rotatable bonds is 2. The van der Waals surface area contributed by atoms with Crippen molar-refractivity contribution < 1.29 is 8.78 Å². The third-order valence-electron chi connectivity index (χ3n) is 1.78. The van der Waals surface area contributed by atoms with E-state index in [0.29, 0.717) is 5.69 Å². The first-order chi connectivity index (χ1) is 6.56. The molecule has 3 nitrogen and oxygen atoms in total. The van der Waals surface area contributed by atoms with Crippen LogP contribution in [0.15, 0.2) is 10.9 Å². The van der Waals surface area contributed by atoms with Crippen LogP contribution in [0.4, 0.5) is 8.78 Å². The molecule has 0 aliphatic carbocycles. The summed E-state index contributed by atoms with van der Waals surface area (Å²) in [5.41, 5.74) is -0.741. The standard InChI is InChI=1S/C9H8F2N2O/c1-5-4-7(14)6(2-3-12)8(13-5)9(10)11/h4,9H,2H2,1H3,(H,13,14). The molecule has 0 fully saturated rings. The molecule has 1 heterocycles. The Balaban J connectivity index is 3.38. The predicted octanol–water partition coefficient (Wildman–Crippen LogP) is 1.69. The van der Waals surface area contributed by atoms with Crippen molar-refractivity contribution >= 4 is 0 Å². The molecular formula is C9H8F2N2O. The fourth-order valence-corrected chi connectivity index (χ4v) is 1.19. The van der Waals surface area contributed by atoms with Crippen molar-refractivity contribution in [2.75, 3.05) is 0 Å². The summed E-state index contributed by atoms with van der Waals surface area (Å²) in [5, 5.41) is 8.37. The maximum absolute atomic E-state index is 12.4. The highest BCUT2D eigenvalue weighted by atomic mass is 19.3. The summed E-state index contributed by atoms with van der Waals surface area (Å²) >= 11 is 0. The molecule has 0 aliphatic rings. The van der Waals surface area contributed by atoms with E-state index in [4.69, 9.17) is 5.26 Å². The topological polar surface area (TPSA) is 56.6 Å². The molecule has 0 amide bonds. The molecule has 1 N–H and O–H groups in total. The monoisotopic (exact) mass is 198 g/mol. The van der Waals surface area contributed by atoms with Gasteiger partial charge in [-0.05, 0) is 6.92 Å². The summed E-state index contributed by atoms with van der Waals surface area (Å²) < 4.78 is 24.9. The molecule has 1 aromatic rings. The third-order valence-corrected chi connectivity index (χ3v) is 1.78. The molecule has 0 radical (unpaired) electrons. The smallest absolute Gasteiger partial charge is 0.278 e. The second kappa shape index (κ2) is 4.01. The predicted molar refractivity (Wildman–Crippen MR) is 46.1 cm³/mol. The molecule has 0 saturated carbocycles. The third kappa shape index (κ3) is 1.96. The highest BCUT2D eigenvalue weighted by molar-refractivity contribution is 5.26. The normalized spacial score (nSPS) is 10.2. The average Bonchev–Trinajstić information content (AvgIpc) is 2.09. The maximum Gasteiger partial charge on any atom is 0.278 e. The van der Waals surface area contributed by atoms with E-state index in [0.717, 1.165) is 0 Å². The molecule has 1 aromatic heterocycles. The second-order valence-corrected chi connectivity index (χ2v) is 2.84. The van der Waals surface area contributed by atoms with Crippen molar-refractivity contribution in [3.05, 3.63) is 33.2 Å². The Morgan fingerprint density at radius 1 is 1.64 bits per heavy atom. The average molecular weight is 198 g/mol. The van der Waals surface area contributed by atoms with Crippen LogP contribution in [0, 0.1) is 18.3 Å². The molecule has 0 aromatic carbocycles. The van der Waals surface area contributed by atoms with E-state index in [1.165, 1.54) is 13.0 Å². The molecule has 0 unspecified atom stereocenters. The van der Waals surface area contributed by atoms with Gasteiger partial charge in [0, 0.05) is 17.3 Å². The zero-order valence-corrected chi connectivity index (χ0v) is 7.47. The maximum atomic E-state index is 12.4. The lowest BCUT2D eigenvalue weighted by Gasteiger charge is -2.06. The number of aromatic nitrogens is 1. The minimum absolute atomic E-state index is 0.145. The summed E-state index contributed by atoms with van der Waals surface area (Å²) in [7, 11) is 0. The van der Waals surface area contributed by atoms with E-state index in [9.17, 15) is 13.6 Å². The number of hydrogen-bond acceptors (Lipinski definition) is 2. The van der Waals surface area contributed by atoms with E-state index in [1.54, 1.807) is 6.07 Å². The number of alkyl halides is 2. The molecule has 14 heavy (non-hydrogen) atoms. The first-order valence-corrected chi connectivity index (χ1v) is 3.94. The van der Waals surface area contributed by atoms with Gasteiger partial charge >= 0.3 is 0 Å². The fourth-order valence-electron chi connectivity index (χ4n) is 1.19. The van der Waals surface area contributed by atoms with Gasteiger partial charge in [-0.3, -0.25) is 4.79 Å². The Morgan fingerprint density at radius 2 is 2.29 bits per heavy atom. The van der Waals surface area contributed by atoms with E-state index in [2.05, 4.69) is 4.98 Å². The fraction of sp³-hybridized carbons (Fsp3) is 0.333. The van der Waals surface area contributed by atoms with Crippen LogP contribution in [-0.4, -0.2) is 4.98 Å². The van der Waals surface area contributed by atoms with Gasteiger partial charge < -0.3 is 4.98 Å². The first-order valence-electron chi connectivity index (χ1n) is 3.94. The number of aryl methyl sites for hydroxylation is 1. The van der Waals surface area contributed by atoms with Crippen LogP contribution in [0.3, 0.4) is 0 Å². The van der Waals surface area contributed by atoms with Crippen molar-refractivity contribution in [2.24, 2.45) is 0 Å². The molecule has 0 saturated heterocycles. The van der Waals surface area contributed by atoms with Gasteiger partial charge in [0.15, 0.2) is 5.43 Å². The quantitative estimate of drug-likeness (QED) is 0.786. The molecule has 74 valence electrons. The van der Waals surface area contributed by atoms with Gasteiger partial charge in [-0.15, -0.1) is 0 Å². The minimum atomic E-state index is -2.76. The number of nitriles is 1. The van der Waals surface area contributed by atoms with Crippen LogP contribution in [0.25, 0.3) is 0 Å². The molecule has 0 aliphatic heterocycles. The van der Waals surface area contributed by atoms with E-state index < -0.39 is 17.5 Å². The molecule has 0 bridgehead atoms. The van der Waals surface area contributed by atoms with Crippen molar-refractivity contribution in [3.8, 4) is 6.07 Å². The van der Waals surface area contributed by atoms with Gasteiger partial charge in [0.1, 0.15) is 0 Å². The number of hydrogen-bond donors (Lipinski definition) is 1. The Morgan fingerprint density at radius 3 is 2.79 bits per heavy atom. The number of aromatic amines is 1. The van der Waals surface area contributed by atoms with Gasteiger partial charge in [-0.1, -0.05) is 0 Å². The van der Waals surface area contributed by atoms with E-state index in [1.807, 2.05) is 0 Å². The Bertz CT molecular complexity index is 431. The summed E-state index contributed by atoms with van der Waals surface area (Å²) in [5.74, 6) is 0. The number of pyridine rings is 1. The summed E-state index contributed by atoms with van der Waals surface area (Å²) in [6, 6.07) is 2.89. The Labute approximate surface area is 79.0 Å². The summed E-state index contributed by atoms with van der Waals surface area (Å²) in [6.07, 6.45) is -3.05. The van der Waals surface area contributed by atoms with Crippen molar-refractivity contribution in [2.45, 2.75) is 19.8 Å². The number of halogens is 2. The zero-order chi connectivity index (χ0) is 10.7. The number of H-pyrrole nitrogens is 1. The van der Waals surface area contributed by atoms with Crippen LogP contribution in [0.5, 0.6) is 0 Å². The van der Waals surface area contributed by atoms with Crippen LogP contribution in [0.2, 0.25) is 0 Å².